The standard InChI is InChI=1S/C10H16O4/c1-3-4-5-8(2)14-10(11)9-6-12-7-13-9/h6,8H,3-5,7H2,1-2H3. The van der Waals surface area contributed by atoms with Crippen LogP contribution < -0.4 is 0 Å². The minimum atomic E-state index is -0.439. The van der Waals surface area contributed by atoms with Gasteiger partial charge in [-0.25, -0.2) is 4.79 Å². The first-order valence-electron chi connectivity index (χ1n) is 4.89. The van der Waals surface area contributed by atoms with Crippen LogP contribution in [0.1, 0.15) is 33.1 Å². The molecule has 0 aromatic carbocycles. The summed E-state index contributed by atoms with van der Waals surface area (Å²) in [4.78, 5) is 11.3. The van der Waals surface area contributed by atoms with Crippen LogP contribution in [0.5, 0.6) is 0 Å². The van der Waals surface area contributed by atoms with Crippen molar-refractivity contribution in [1.29, 1.82) is 0 Å². The Labute approximate surface area is 83.8 Å². The van der Waals surface area contributed by atoms with Crippen LogP contribution in [-0.4, -0.2) is 18.9 Å². The Hall–Kier alpha value is -1.19. The molecule has 1 unspecified atom stereocenters. The van der Waals surface area contributed by atoms with Crippen LogP contribution in [0.15, 0.2) is 12.0 Å². The first kappa shape index (κ1) is 10.9. The zero-order valence-corrected chi connectivity index (χ0v) is 8.62. The molecule has 80 valence electrons. The second-order valence-electron chi connectivity index (χ2n) is 3.27. The number of ether oxygens (including phenoxy) is 3. The van der Waals surface area contributed by atoms with E-state index >= 15 is 0 Å². The Bertz CT molecular complexity index is 222. The molecule has 0 spiro atoms. The molecule has 0 aliphatic carbocycles. The van der Waals surface area contributed by atoms with Crippen molar-refractivity contribution in [3.05, 3.63) is 12.0 Å². The van der Waals surface area contributed by atoms with Crippen LogP contribution in [0.2, 0.25) is 0 Å². The zero-order valence-electron chi connectivity index (χ0n) is 8.62. The van der Waals surface area contributed by atoms with Crippen LogP contribution in [0, 0.1) is 0 Å². The van der Waals surface area contributed by atoms with Crippen molar-refractivity contribution in [3.8, 4) is 0 Å². The number of hydrogen-bond donors (Lipinski definition) is 0. The van der Waals surface area contributed by atoms with Crippen molar-refractivity contribution in [2.75, 3.05) is 6.79 Å². The molecule has 1 heterocycles. The molecule has 0 amide bonds. The highest BCUT2D eigenvalue weighted by Crippen LogP contribution is 2.11. The van der Waals surface area contributed by atoms with Gasteiger partial charge >= 0.3 is 5.97 Å². The molecule has 0 fully saturated rings. The van der Waals surface area contributed by atoms with Gasteiger partial charge in [0.05, 0.1) is 6.10 Å². The molecule has 0 N–H and O–H groups in total. The third kappa shape index (κ3) is 3.28. The Balaban J connectivity index is 2.25. The molecule has 0 saturated carbocycles. The number of rotatable bonds is 5. The van der Waals surface area contributed by atoms with E-state index in [1.807, 2.05) is 6.92 Å². The van der Waals surface area contributed by atoms with E-state index in [0.29, 0.717) is 0 Å². The summed E-state index contributed by atoms with van der Waals surface area (Å²) in [6, 6.07) is 0. The first-order valence-corrected chi connectivity index (χ1v) is 4.89. The van der Waals surface area contributed by atoms with Gasteiger partial charge in [-0.15, -0.1) is 0 Å². The van der Waals surface area contributed by atoms with Crippen LogP contribution >= 0.6 is 0 Å². The highest BCUT2D eigenvalue weighted by molar-refractivity contribution is 5.86. The highest BCUT2D eigenvalue weighted by Gasteiger charge is 2.19. The minimum absolute atomic E-state index is 0.0625. The second-order valence-corrected chi connectivity index (χ2v) is 3.27. The maximum absolute atomic E-state index is 11.3. The molecule has 1 aliphatic heterocycles. The molecule has 4 heteroatoms. The Morgan fingerprint density at radius 2 is 2.50 bits per heavy atom. The van der Waals surface area contributed by atoms with Crippen LogP contribution in [-0.2, 0) is 19.0 Å². The fourth-order valence-corrected chi connectivity index (χ4v) is 1.14. The van der Waals surface area contributed by atoms with Crippen molar-refractivity contribution in [2.45, 2.75) is 39.2 Å². The normalized spacial score (nSPS) is 16.6. The molecular formula is C10H16O4. The average Bonchev–Trinajstić information content (AvgIpc) is 2.67. The van der Waals surface area contributed by atoms with Crippen molar-refractivity contribution in [3.63, 3.8) is 0 Å². The van der Waals surface area contributed by atoms with E-state index in [9.17, 15) is 4.79 Å². The largest absolute Gasteiger partial charge is 0.461 e. The summed E-state index contributed by atoms with van der Waals surface area (Å²) in [5.41, 5.74) is 0. The molecule has 0 radical (unpaired) electrons. The third-order valence-electron chi connectivity index (χ3n) is 1.95. The lowest BCUT2D eigenvalue weighted by Crippen LogP contribution is -2.16. The van der Waals surface area contributed by atoms with E-state index in [2.05, 4.69) is 6.92 Å². The molecule has 4 nitrogen and oxygen atoms in total. The first-order chi connectivity index (χ1) is 6.74. The molecule has 1 atom stereocenters. The Morgan fingerprint density at radius 3 is 3.07 bits per heavy atom. The monoisotopic (exact) mass is 200 g/mol. The summed E-state index contributed by atoms with van der Waals surface area (Å²) in [5, 5.41) is 0. The zero-order chi connectivity index (χ0) is 10.4. The fraction of sp³-hybridized carbons (Fsp3) is 0.700. The molecule has 1 aliphatic rings. The smallest absolute Gasteiger partial charge is 0.377 e. The topological polar surface area (TPSA) is 44.8 Å². The molecular weight excluding hydrogens is 184 g/mol. The number of esters is 1. The van der Waals surface area contributed by atoms with E-state index < -0.39 is 5.97 Å². The van der Waals surface area contributed by atoms with E-state index in [0.717, 1.165) is 19.3 Å². The summed E-state index contributed by atoms with van der Waals surface area (Å²) in [6.07, 6.45) is 4.27. The van der Waals surface area contributed by atoms with Crippen molar-refractivity contribution >= 4 is 5.97 Å². The molecule has 0 bridgehead atoms. The van der Waals surface area contributed by atoms with E-state index in [1.165, 1.54) is 6.26 Å². The van der Waals surface area contributed by atoms with Crippen LogP contribution in [0.3, 0.4) is 0 Å². The SMILES string of the molecule is CCCCC(C)OC(=O)C1=COCO1. The van der Waals surface area contributed by atoms with Crippen molar-refractivity contribution < 1.29 is 19.0 Å². The van der Waals surface area contributed by atoms with Gasteiger partial charge in [0.25, 0.3) is 0 Å². The van der Waals surface area contributed by atoms with Gasteiger partial charge in [0.2, 0.25) is 12.6 Å². The summed E-state index contributed by atoms with van der Waals surface area (Å²) >= 11 is 0. The van der Waals surface area contributed by atoms with Gasteiger partial charge in [-0.2, -0.15) is 0 Å². The summed E-state index contributed by atoms with van der Waals surface area (Å²) in [6.45, 7) is 4.09. The molecule has 0 saturated heterocycles. The van der Waals surface area contributed by atoms with Gasteiger partial charge in [0.1, 0.15) is 6.26 Å². The number of unbranched alkanes of at least 4 members (excludes halogenated alkanes) is 1. The van der Waals surface area contributed by atoms with Crippen LogP contribution in [0.25, 0.3) is 0 Å². The summed E-state index contributed by atoms with van der Waals surface area (Å²) < 4.78 is 14.8. The van der Waals surface area contributed by atoms with Gasteiger partial charge in [-0.1, -0.05) is 19.8 Å². The Kier molecular flexibility index (Phi) is 4.29. The Morgan fingerprint density at radius 1 is 1.71 bits per heavy atom. The minimum Gasteiger partial charge on any atom is -0.461 e. The van der Waals surface area contributed by atoms with Crippen LogP contribution in [0.4, 0.5) is 0 Å². The fourth-order valence-electron chi connectivity index (χ4n) is 1.14. The predicted octanol–water partition coefficient (Wildman–Crippen LogP) is 1.95. The third-order valence-corrected chi connectivity index (χ3v) is 1.95. The maximum Gasteiger partial charge on any atom is 0.377 e. The lowest BCUT2D eigenvalue weighted by Gasteiger charge is -2.11. The highest BCUT2D eigenvalue weighted by atomic mass is 16.7. The molecule has 1 rings (SSSR count). The number of carbonyl (C=O) groups is 1. The lowest BCUT2D eigenvalue weighted by atomic mass is 10.2. The lowest BCUT2D eigenvalue weighted by molar-refractivity contribution is -0.147. The van der Waals surface area contributed by atoms with Crippen molar-refractivity contribution in [1.82, 2.24) is 0 Å². The molecule has 0 aromatic heterocycles. The number of carbonyl (C=O) groups excluding carboxylic acids is 1. The summed E-state index contributed by atoms with van der Waals surface area (Å²) in [7, 11) is 0. The van der Waals surface area contributed by atoms with Gasteiger partial charge in [-0.3, -0.25) is 0 Å². The quantitative estimate of drug-likeness (QED) is 0.636. The molecule has 0 aromatic rings. The average molecular weight is 200 g/mol. The number of hydrogen-bond acceptors (Lipinski definition) is 4. The van der Waals surface area contributed by atoms with Crippen molar-refractivity contribution in [2.24, 2.45) is 0 Å². The maximum atomic E-state index is 11.3. The van der Waals surface area contributed by atoms with E-state index in [4.69, 9.17) is 14.2 Å². The van der Waals surface area contributed by atoms with Gasteiger partial charge in [0, 0.05) is 0 Å². The van der Waals surface area contributed by atoms with E-state index in [1.54, 1.807) is 0 Å². The van der Waals surface area contributed by atoms with Gasteiger partial charge in [-0.05, 0) is 13.3 Å². The molecule has 14 heavy (non-hydrogen) atoms. The van der Waals surface area contributed by atoms with Gasteiger partial charge < -0.3 is 14.2 Å². The second kappa shape index (κ2) is 5.52. The van der Waals surface area contributed by atoms with Gasteiger partial charge in [0.15, 0.2) is 0 Å². The van der Waals surface area contributed by atoms with E-state index in [-0.39, 0.29) is 18.7 Å². The summed E-state index contributed by atoms with van der Waals surface area (Å²) in [5.74, 6) is -0.278. The predicted molar refractivity (Wildman–Crippen MR) is 50.2 cm³/mol.